The summed E-state index contributed by atoms with van der Waals surface area (Å²) in [5.41, 5.74) is 0.550. The standard InChI is InChI=1S/C22H27ClN6O2S/c23-15-8-24-19(25-9-15)17-13-7-14(17)11-29(10-13)21-26-16-3-1-6-32(31)18(16)20(27-21)28-22(12-30)4-2-5-22/h8-9,13-14,17,30H,1-7,10-12H2,(H,26,27,28). The molecule has 0 radical (unpaired) electrons. The van der Waals surface area contributed by atoms with E-state index >= 15 is 0 Å². The molecule has 0 aromatic carbocycles. The largest absolute Gasteiger partial charge is 0.394 e. The van der Waals surface area contributed by atoms with Crippen molar-refractivity contribution in [3.05, 3.63) is 28.9 Å². The minimum atomic E-state index is -1.10. The van der Waals surface area contributed by atoms with Gasteiger partial charge in [-0.1, -0.05) is 11.6 Å². The van der Waals surface area contributed by atoms with Gasteiger partial charge in [0.25, 0.3) is 0 Å². The summed E-state index contributed by atoms with van der Waals surface area (Å²) in [6.07, 6.45) is 9.11. The highest BCUT2D eigenvalue weighted by Gasteiger charge is 2.49. The molecule has 2 N–H and O–H groups in total. The van der Waals surface area contributed by atoms with Crippen molar-refractivity contribution >= 4 is 34.2 Å². The van der Waals surface area contributed by atoms with Crippen LogP contribution in [0.4, 0.5) is 11.8 Å². The predicted molar refractivity (Wildman–Crippen MR) is 123 cm³/mol. The van der Waals surface area contributed by atoms with Crippen LogP contribution in [0.5, 0.6) is 0 Å². The summed E-state index contributed by atoms with van der Waals surface area (Å²) < 4.78 is 12.8. The van der Waals surface area contributed by atoms with Crippen LogP contribution in [0.3, 0.4) is 0 Å². The molecule has 8 nitrogen and oxygen atoms in total. The molecule has 3 atom stereocenters. The van der Waals surface area contributed by atoms with Gasteiger partial charge in [-0.3, -0.25) is 4.21 Å². The Morgan fingerprint density at radius 2 is 1.94 bits per heavy atom. The first-order valence-electron chi connectivity index (χ1n) is 11.5. The van der Waals surface area contributed by atoms with Gasteiger partial charge in [-0.2, -0.15) is 4.98 Å². The second kappa shape index (κ2) is 7.88. The van der Waals surface area contributed by atoms with E-state index in [1.54, 1.807) is 12.4 Å². The molecule has 2 aromatic heterocycles. The highest BCUT2D eigenvalue weighted by Crippen LogP contribution is 2.51. The van der Waals surface area contributed by atoms with Gasteiger partial charge in [0, 0.05) is 37.2 Å². The minimum absolute atomic E-state index is 0.0599. The molecular weight excluding hydrogens is 448 g/mol. The van der Waals surface area contributed by atoms with Crippen molar-refractivity contribution in [1.82, 2.24) is 19.9 Å². The van der Waals surface area contributed by atoms with Crippen molar-refractivity contribution in [3.63, 3.8) is 0 Å². The number of aromatic nitrogens is 4. The average molecular weight is 475 g/mol. The number of fused-ring (bicyclic) bond motifs is 3. The van der Waals surface area contributed by atoms with Gasteiger partial charge in [-0.25, -0.2) is 15.0 Å². The number of anilines is 2. The van der Waals surface area contributed by atoms with Gasteiger partial charge < -0.3 is 15.3 Å². The second-order valence-electron chi connectivity index (χ2n) is 9.66. The summed E-state index contributed by atoms with van der Waals surface area (Å²) in [6.45, 7) is 1.78. The molecule has 170 valence electrons. The van der Waals surface area contributed by atoms with Crippen LogP contribution in [0.15, 0.2) is 17.3 Å². The fourth-order valence-electron chi connectivity index (χ4n) is 5.74. The Hall–Kier alpha value is -1.84. The van der Waals surface area contributed by atoms with Crippen molar-refractivity contribution in [2.75, 3.05) is 35.7 Å². The van der Waals surface area contributed by atoms with E-state index in [0.29, 0.717) is 40.3 Å². The lowest BCUT2D eigenvalue weighted by atomic mass is 9.61. The highest BCUT2D eigenvalue weighted by atomic mass is 35.5. The molecule has 5 aliphatic rings. The first-order valence-corrected chi connectivity index (χ1v) is 13.2. The summed E-state index contributed by atoms with van der Waals surface area (Å²) in [6, 6.07) is 0. The summed E-state index contributed by atoms with van der Waals surface area (Å²) in [5, 5.41) is 14.0. The minimum Gasteiger partial charge on any atom is -0.394 e. The molecule has 10 heteroatoms. The van der Waals surface area contributed by atoms with Gasteiger partial charge >= 0.3 is 0 Å². The lowest BCUT2D eigenvalue weighted by molar-refractivity contribution is 0.104. The van der Waals surface area contributed by atoms with Crippen LogP contribution < -0.4 is 10.2 Å². The smallest absolute Gasteiger partial charge is 0.227 e. The summed E-state index contributed by atoms with van der Waals surface area (Å²) in [4.78, 5) is 21.7. The molecule has 2 saturated heterocycles. The zero-order chi connectivity index (χ0) is 21.9. The van der Waals surface area contributed by atoms with E-state index in [-0.39, 0.29) is 12.1 Å². The number of aliphatic hydroxyl groups is 1. The van der Waals surface area contributed by atoms with E-state index in [9.17, 15) is 9.32 Å². The number of aliphatic hydroxyl groups excluding tert-OH is 1. The molecule has 0 amide bonds. The molecule has 7 rings (SSSR count). The Morgan fingerprint density at radius 3 is 2.59 bits per heavy atom. The van der Waals surface area contributed by atoms with Crippen molar-refractivity contribution in [3.8, 4) is 0 Å². The predicted octanol–water partition coefficient (Wildman–Crippen LogP) is 2.54. The Kier molecular flexibility index (Phi) is 5.11. The van der Waals surface area contributed by atoms with Crippen LogP contribution in [-0.4, -0.2) is 60.2 Å². The number of aryl methyl sites for hydroxylation is 1. The number of nitrogens with zero attached hydrogens (tertiary/aromatic N) is 5. The average Bonchev–Trinajstić information content (AvgIpc) is 2.77. The van der Waals surface area contributed by atoms with Crippen molar-refractivity contribution in [1.29, 1.82) is 0 Å². The summed E-state index contributed by atoms with van der Waals surface area (Å²) in [7, 11) is -1.10. The van der Waals surface area contributed by atoms with Gasteiger partial charge in [-0.05, 0) is 50.4 Å². The van der Waals surface area contributed by atoms with Crippen LogP contribution in [0.1, 0.15) is 49.5 Å². The maximum Gasteiger partial charge on any atom is 0.227 e. The Bertz CT molecular complexity index is 1050. The molecule has 0 spiro atoms. The SMILES string of the molecule is O=S1CCCc2nc(N3CC4CC(C3)C4c3ncc(Cl)cn3)nc(NC3(CO)CCC3)c21. The number of halogens is 1. The number of hydrogen-bond acceptors (Lipinski definition) is 8. The Morgan fingerprint density at radius 1 is 1.19 bits per heavy atom. The number of nitrogens with one attached hydrogen (secondary N) is 1. The normalized spacial score (nSPS) is 30.1. The topological polar surface area (TPSA) is 104 Å². The zero-order valence-corrected chi connectivity index (χ0v) is 19.4. The lowest BCUT2D eigenvalue weighted by Crippen LogP contribution is -2.55. The van der Waals surface area contributed by atoms with Crippen LogP contribution in [-0.2, 0) is 17.2 Å². The summed E-state index contributed by atoms with van der Waals surface area (Å²) in [5.74, 6) is 4.20. The quantitative estimate of drug-likeness (QED) is 0.681. The van der Waals surface area contributed by atoms with E-state index in [1.165, 1.54) is 6.42 Å². The van der Waals surface area contributed by atoms with Gasteiger partial charge in [0.15, 0.2) is 0 Å². The van der Waals surface area contributed by atoms with E-state index < -0.39 is 10.8 Å². The third-order valence-electron chi connectivity index (χ3n) is 7.64. The van der Waals surface area contributed by atoms with E-state index in [2.05, 4.69) is 20.2 Å². The lowest BCUT2D eigenvalue weighted by Gasteiger charge is -2.53. The highest BCUT2D eigenvalue weighted by molar-refractivity contribution is 7.85. The van der Waals surface area contributed by atoms with Gasteiger partial charge in [-0.15, -0.1) is 0 Å². The molecule has 5 heterocycles. The van der Waals surface area contributed by atoms with Gasteiger partial charge in [0.2, 0.25) is 5.95 Å². The molecule has 2 bridgehead atoms. The van der Waals surface area contributed by atoms with E-state index in [4.69, 9.17) is 21.6 Å². The Labute approximate surface area is 194 Å². The Balaban J connectivity index is 1.28. The molecule has 4 fully saturated rings. The number of piperidine rings is 2. The van der Waals surface area contributed by atoms with Crippen molar-refractivity contribution in [2.24, 2.45) is 11.8 Å². The molecule has 32 heavy (non-hydrogen) atoms. The molecule has 2 aromatic rings. The monoisotopic (exact) mass is 474 g/mol. The van der Waals surface area contributed by atoms with Crippen LogP contribution in [0, 0.1) is 11.8 Å². The first-order chi connectivity index (χ1) is 15.5. The van der Waals surface area contributed by atoms with E-state index in [1.807, 2.05) is 0 Å². The van der Waals surface area contributed by atoms with Gasteiger partial charge in [0.05, 0.1) is 33.7 Å². The fourth-order valence-corrected chi connectivity index (χ4v) is 7.17. The third-order valence-corrected chi connectivity index (χ3v) is 9.38. The summed E-state index contributed by atoms with van der Waals surface area (Å²) >= 11 is 5.96. The molecule has 3 unspecified atom stereocenters. The third kappa shape index (κ3) is 3.40. The zero-order valence-electron chi connectivity index (χ0n) is 17.8. The molecular formula is C22H27ClN6O2S. The van der Waals surface area contributed by atoms with Crippen LogP contribution in [0.25, 0.3) is 0 Å². The number of hydrogen-bond donors (Lipinski definition) is 2. The molecule has 2 aliphatic carbocycles. The van der Waals surface area contributed by atoms with Crippen molar-refractivity contribution < 1.29 is 9.32 Å². The maximum absolute atomic E-state index is 12.8. The van der Waals surface area contributed by atoms with E-state index in [0.717, 1.165) is 61.6 Å². The second-order valence-corrected chi connectivity index (χ2v) is 11.6. The maximum atomic E-state index is 12.8. The van der Waals surface area contributed by atoms with Gasteiger partial charge in [0.1, 0.15) is 16.5 Å². The molecule has 2 saturated carbocycles. The molecule has 3 aliphatic heterocycles. The van der Waals surface area contributed by atoms with Crippen molar-refractivity contribution in [2.45, 2.75) is 54.9 Å². The van der Waals surface area contributed by atoms with Crippen LogP contribution in [0.2, 0.25) is 5.02 Å². The van der Waals surface area contributed by atoms with Crippen LogP contribution >= 0.6 is 11.6 Å². The first kappa shape index (κ1) is 20.7. The number of rotatable bonds is 5. The fraction of sp³-hybridized carbons (Fsp3) is 0.636.